The van der Waals surface area contributed by atoms with Gasteiger partial charge in [0.2, 0.25) is 0 Å². The third-order valence-electron chi connectivity index (χ3n) is 4.97. The van der Waals surface area contributed by atoms with Gasteiger partial charge in [-0.1, -0.05) is 17.7 Å². The van der Waals surface area contributed by atoms with Crippen molar-refractivity contribution in [1.29, 1.82) is 0 Å². The van der Waals surface area contributed by atoms with Gasteiger partial charge in [0.25, 0.3) is 10.0 Å². The zero-order valence-electron chi connectivity index (χ0n) is 16.2. The number of allylic oxidation sites excluding steroid dienone is 3. The van der Waals surface area contributed by atoms with Crippen molar-refractivity contribution in [2.75, 3.05) is 11.3 Å². The van der Waals surface area contributed by atoms with E-state index in [9.17, 15) is 21.6 Å². The van der Waals surface area contributed by atoms with E-state index in [-0.39, 0.29) is 11.3 Å². The van der Waals surface area contributed by atoms with Crippen LogP contribution in [0.2, 0.25) is 0 Å². The van der Waals surface area contributed by atoms with E-state index in [1.165, 1.54) is 18.5 Å². The lowest BCUT2D eigenvalue weighted by molar-refractivity contribution is -0.0941. The Kier molecular flexibility index (Phi) is 5.52. The Labute approximate surface area is 176 Å². The molecular formula is C20H19F3N4O3S. The van der Waals surface area contributed by atoms with E-state index in [0.717, 1.165) is 17.2 Å². The van der Waals surface area contributed by atoms with Gasteiger partial charge >= 0.3 is 6.18 Å². The fraction of sp³-hybridized carbons (Fsp3) is 0.250. The van der Waals surface area contributed by atoms with E-state index < -0.39 is 21.8 Å². The molecule has 0 amide bonds. The molecule has 0 atom stereocenters. The van der Waals surface area contributed by atoms with Crippen molar-refractivity contribution >= 4 is 26.6 Å². The Hall–Kier alpha value is -3.21. The van der Waals surface area contributed by atoms with Crippen LogP contribution in [0.25, 0.3) is 10.9 Å². The molecule has 11 heteroatoms. The van der Waals surface area contributed by atoms with Crippen LogP contribution in [0.4, 0.5) is 18.9 Å². The molecule has 1 aromatic carbocycles. The molecule has 0 spiro atoms. The lowest BCUT2D eigenvalue weighted by atomic mass is 9.96. The van der Waals surface area contributed by atoms with E-state index in [1.807, 2.05) is 0 Å². The molecule has 1 aliphatic rings. The Morgan fingerprint density at radius 1 is 1.16 bits per heavy atom. The fourth-order valence-electron chi connectivity index (χ4n) is 3.29. The van der Waals surface area contributed by atoms with Gasteiger partial charge in [0.1, 0.15) is 10.6 Å². The van der Waals surface area contributed by atoms with E-state index in [2.05, 4.69) is 19.9 Å². The van der Waals surface area contributed by atoms with E-state index in [1.54, 1.807) is 24.4 Å². The summed E-state index contributed by atoms with van der Waals surface area (Å²) in [6.07, 6.45) is 3.22. The van der Waals surface area contributed by atoms with Crippen LogP contribution in [0.1, 0.15) is 19.3 Å². The second kappa shape index (κ2) is 8.14. The summed E-state index contributed by atoms with van der Waals surface area (Å²) in [5.41, 5.74) is 1.46. The molecule has 31 heavy (non-hydrogen) atoms. The molecule has 2 heterocycles. The van der Waals surface area contributed by atoms with Crippen molar-refractivity contribution in [3.05, 3.63) is 60.1 Å². The third kappa shape index (κ3) is 4.76. The van der Waals surface area contributed by atoms with Gasteiger partial charge < -0.3 is 9.72 Å². The highest BCUT2D eigenvalue weighted by molar-refractivity contribution is 7.92. The number of benzene rings is 1. The number of fused-ring (bicyclic) bond motifs is 1. The van der Waals surface area contributed by atoms with Crippen molar-refractivity contribution in [3.8, 4) is 5.75 Å². The number of alkyl halides is 3. The second-order valence-electron chi connectivity index (χ2n) is 7.06. The van der Waals surface area contributed by atoms with Gasteiger partial charge in [-0.25, -0.2) is 8.42 Å². The van der Waals surface area contributed by atoms with Gasteiger partial charge in [-0.2, -0.15) is 18.3 Å². The minimum atomic E-state index is -4.28. The molecule has 3 aromatic rings. The van der Waals surface area contributed by atoms with Crippen LogP contribution < -0.4 is 9.46 Å². The number of halogens is 3. The van der Waals surface area contributed by atoms with Gasteiger partial charge in [-0.05, 0) is 31.0 Å². The lowest BCUT2D eigenvalue weighted by Crippen LogP contribution is -2.14. The minimum Gasteiger partial charge on any atom is -0.493 e. The van der Waals surface area contributed by atoms with E-state index in [0.29, 0.717) is 36.3 Å². The van der Waals surface area contributed by atoms with Gasteiger partial charge in [0.15, 0.2) is 0 Å². The number of aromatic nitrogens is 3. The number of anilines is 1. The zero-order chi connectivity index (χ0) is 22.1. The molecule has 0 aliphatic heterocycles. The first-order valence-electron chi connectivity index (χ1n) is 9.44. The molecule has 0 unspecified atom stereocenters. The Morgan fingerprint density at radius 2 is 2.00 bits per heavy atom. The van der Waals surface area contributed by atoms with Crippen LogP contribution in [-0.2, 0) is 10.0 Å². The van der Waals surface area contributed by atoms with Crippen LogP contribution >= 0.6 is 0 Å². The largest absolute Gasteiger partial charge is 0.493 e. The highest BCUT2D eigenvalue weighted by Crippen LogP contribution is 2.34. The molecule has 0 radical (unpaired) electrons. The monoisotopic (exact) mass is 452 g/mol. The smallest absolute Gasteiger partial charge is 0.412 e. The molecular weight excluding hydrogens is 433 g/mol. The summed E-state index contributed by atoms with van der Waals surface area (Å²) >= 11 is 0. The maximum Gasteiger partial charge on any atom is 0.412 e. The molecule has 4 rings (SSSR count). The summed E-state index contributed by atoms with van der Waals surface area (Å²) in [5.74, 6) is 0.527. The third-order valence-corrected chi connectivity index (χ3v) is 6.31. The lowest BCUT2D eigenvalue weighted by Gasteiger charge is -2.17. The van der Waals surface area contributed by atoms with Crippen LogP contribution in [0.3, 0.4) is 0 Å². The summed E-state index contributed by atoms with van der Waals surface area (Å²) in [6, 6.07) is 5.21. The number of ether oxygens (including phenoxy) is 1. The van der Waals surface area contributed by atoms with Crippen molar-refractivity contribution in [2.24, 2.45) is 0 Å². The summed E-state index contributed by atoms with van der Waals surface area (Å²) in [7, 11) is -3.79. The van der Waals surface area contributed by atoms with Gasteiger partial charge in [0, 0.05) is 35.3 Å². The predicted molar refractivity (Wildman–Crippen MR) is 109 cm³/mol. The number of aromatic amines is 2. The summed E-state index contributed by atoms with van der Waals surface area (Å²) < 4.78 is 71.2. The molecule has 0 bridgehead atoms. The topological polar surface area (TPSA) is 99.9 Å². The maximum atomic E-state index is 12.7. The van der Waals surface area contributed by atoms with Crippen LogP contribution in [0.5, 0.6) is 5.75 Å². The minimum absolute atomic E-state index is 0.0118. The maximum absolute atomic E-state index is 12.7. The van der Waals surface area contributed by atoms with Gasteiger partial charge in [-0.3, -0.25) is 9.82 Å². The average molecular weight is 452 g/mol. The fourth-order valence-corrected chi connectivity index (χ4v) is 4.26. The van der Waals surface area contributed by atoms with Crippen molar-refractivity contribution in [3.63, 3.8) is 0 Å². The van der Waals surface area contributed by atoms with Crippen LogP contribution in [0.15, 0.2) is 65.0 Å². The molecule has 2 aromatic heterocycles. The molecule has 7 nitrogen and oxygen atoms in total. The molecule has 0 fully saturated rings. The van der Waals surface area contributed by atoms with Crippen molar-refractivity contribution in [1.82, 2.24) is 15.2 Å². The van der Waals surface area contributed by atoms with Gasteiger partial charge in [0.05, 0.1) is 18.5 Å². The zero-order valence-corrected chi connectivity index (χ0v) is 17.0. The number of rotatable bonds is 7. The summed E-state index contributed by atoms with van der Waals surface area (Å²) in [5, 5.41) is 6.73. The van der Waals surface area contributed by atoms with Crippen molar-refractivity contribution < 1.29 is 26.3 Å². The predicted octanol–water partition coefficient (Wildman–Crippen LogP) is 4.67. The SMILES string of the molecule is O=S(=O)(Nc1c[nH]c2ccc(OCCC3=CC=C(C(F)(F)F)CC3)cc12)c1cn[nH]c1. The Balaban J connectivity index is 1.42. The normalized spacial score (nSPS) is 14.9. The Morgan fingerprint density at radius 3 is 2.68 bits per heavy atom. The molecule has 164 valence electrons. The number of nitrogens with zero attached hydrogens (tertiary/aromatic N) is 1. The summed E-state index contributed by atoms with van der Waals surface area (Å²) in [6.45, 7) is 0.299. The van der Waals surface area contributed by atoms with Crippen LogP contribution in [-0.4, -0.2) is 36.4 Å². The number of hydrogen-bond donors (Lipinski definition) is 3. The number of H-pyrrole nitrogens is 2. The molecule has 3 N–H and O–H groups in total. The molecule has 1 aliphatic carbocycles. The average Bonchev–Trinajstić information content (AvgIpc) is 3.39. The Bertz CT molecular complexity index is 1240. The second-order valence-corrected chi connectivity index (χ2v) is 8.74. The quantitative estimate of drug-likeness (QED) is 0.485. The molecule has 0 saturated heterocycles. The molecule has 0 saturated carbocycles. The number of hydrogen-bond acceptors (Lipinski definition) is 4. The van der Waals surface area contributed by atoms with Gasteiger partial charge in [-0.15, -0.1) is 0 Å². The first-order valence-corrected chi connectivity index (χ1v) is 10.9. The highest BCUT2D eigenvalue weighted by Gasteiger charge is 2.33. The first kappa shape index (κ1) is 21.0. The first-order chi connectivity index (χ1) is 14.7. The summed E-state index contributed by atoms with van der Waals surface area (Å²) in [4.78, 5) is 3.01. The number of sulfonamides is 1. The highest BCUT2D eigenvalue weighted by atomic mass is 32.2. The van der Waals surface area contributed by atoms with Crippen LogP contribution in [0, 0.1) is 0 Å². The van der Waals surface area contributed by atoms with E-state index >= 15 is 0 Å². The standard InChI is InChI=1S/C20H19F3N4O3S/c21-20(22,23)14-3-1-13(2-4-14)7-8-30-15-5-6-18-17(9-15)19(12-24-18)27-31(28,29)16-10-25-26-11-16/h1,3,5-6,9-12,24,27H,2,4,7-8H2,(H,25,26). The van der Waals surface area contributed by atoms with E-state index in [4.69, 9.17) is 4.74 Å². The number of nitrogens with one attached hydrogen (secondary N) is 3. The van der Waals surface area contributed by atoms with Crippen molar-refractivity contribution in [2.45, 2.75) is 30.3 Å².